The molecular formula is C11H13NO3S. The molecule has 0 fully saturated rings. The van der Waals surface area contributed by atoms with Gasteiger partial charge < -0.3 is 10.4 Å². The van der Waals surface area contributed by atoms with E-state index >= 15 is 0 Å². The van der Waals surface area contributed by atoms with Crippen LogP contribution in [0.1, 0.15) is 17.3 Å². The summed E-state index contributed by atoms with van der Waals surface area (Å²) >= 11 is 1.63. The van der Waals surface area contributed by atoms with Crippen LogP contribution in [-0.4, -0.2) is 29.3 Å². The molecule has 0 spiro atoms. The summed E-state index contributed by atoms with van der Waals surface area (Å²) in [6.07, 6.45) is 0. The van der Waals surface area contributed by atoms with E-state index < -0.39 is 5.97 Å². The third-order valence-electron chi connectivity index (χ3n) is 1.81. The number of carbonyl (C=O) groups is 2. The first-order valence-electron chi connectivity index (χ1n) is 4.86. The fourth-order valence-electron chi connectivity index (χ4n) is 1.15. The zero-order valence-corrected chi connectivity index (χ0v) is 9.71. The molecule has 0 atom stereocenters. The lowest BCUT2D eigenvalue weighted by atomic mass is 10.2. The van der Waals surface area contributed by atoms with Gasteiger partial charge in [0, 0.05) is 10.5 Å². The maximum absolute atomic E-state index is 11.5. The number of hydrogen-bond donors (Lipinski definition) is 2. The van der Waals surface area contributed by atoms with Crippen LogP contribution in [0.3, 0.4) is 0 Å². The Morgan fingerprint density at radius 1 is 1.44 bits per heavy atom. The summed E-state index contributed by atoms with van der Waals surface area (Å²) in [6, 6.07) is 7.12. The number of carboxylic acid groups (broad SMARTS) is 1. The van der Waals surface area contributed by atoms with Crippen LogP contribution >= 0.6 is 11.8 Å². The number of nitrogens with one attached hydrogen (secondary N) is 1. The first-order chi connectivity index (χ1) is 7.63. The lowest BCUT2D eigenvalue weighted by Crippen LogP contribution is -2.29. The molecule has 0 saturated carbocycles. The van der Waals surface area contributed by atoms with Gasteiger partial charge in [0.1, 0.15) is 6.54 Å². The Labute approximate surface area is 98.0 Å². The highest BCUT2D eigenvalue weighted by Crippen LogP contribution is 2.18. The van der Waals surface area contributed by atoms with Crippen molar-refractivity contribution in [3.05, 3.63) is 29.8 Å². The molecule has 0 radical (unpaired) electrons. The highest BCUT2D eigenvalue weighted by molar-refractivity contribution is 7.99. The van der Waals surface area contributed by atoms with E-state index in [0.717, 1.165) is 10.6 Å². The number of amides is 1. The molecule has 16 heavy (non-hydrogen) atoms. The zero-order chi connectivity index (χ0) is 12.0. The smallest absolute Gasteiger partial charge is 0.322 e. The molecule has 1 amide bonds. The van der Waals surface area contributed by atoms with Crippen molar-refractivity contribution in [2.45, 2.75) is 11.8 Å². The predicted molar refractivity (Wildman–Crippen MR) is 62.8 cm³/mol. The average Bonchev–Trinajstić information content (AvgIpc) is 2.26. The first kappa shape index (κ1) is 12.6. The molecule has 4 nitrogen and oxygen atoms in total. The van der Waals surface area contributed by atoms with Crippen molar-refractivity contribution in [1.29, 1.82) is 0 Å². The van der Waals surface area contributed by atoms with Crippen LogP contribution in [0.2, 0.25) is 0 Å². The number of carbonyl (C=O) groups excluding carboxylic acids is 1. The highest BCUT2D eigenvalue weighted by atomic mass is 32.2. The van der Waals surface area contributed by atoms with E-state index in [9.17, 15) is 9.59 Å². The van der Waals surface area contributed by atoms with Crippen molar-refractivity contribution in [1.82, 2.24) is 5.32 Å². The SMILES string of the molecule is CCSc1cccc(C(=O)NCC(=O)O)c1. The summed E-state index contributed by atoms with van der Waals surface area (Å²) < 4.78 is 0. The van der Waals surface area contributed by atoms with E-state index in [1.165, 1.54) is 0 Å². The largest absolute Gasteiger partial charge is 0.480 e. The Morgan fingerprint density at radius 2 is 2.19 bits per heavy atom. The number of carboxylic acids is 1. The van der Waals surface area contributed by atoms with Gasteiger partial charge in [-0.3, -0.25) is 9.59 Å². The van der Waals surface area contributed by atoms with E-state index in [1.807, 2.05) is 13.0 Å². The fraction of sp³-hybridized carbons (Fsp3) is 0.273. The molecule has 0 aliphatic rings. The number of thioether (sulfide) groups is 1. The van der Waals surface area contributed by atoms with Gasteiger partial charge in [-0.15, -0.1) is 11.8 Å². The highest BCUT2D eigenvalue weighted by Gasteiger charge is 2.07. The summed E-state index contributed by atoms with van der Waals surface area (Å²) in [5, 5.41) is 10.7. The summed E-state index contributed by atoms with van der Waals surface area (Å²) in [5.41, 5.74) is 0.486. The van der Waals surface area contributed by atoms with E-state index in [4.69, 9.17) is 5.11 Å². The van der Waals surface area contributed by atoms with E-state index in [0.29, 0.717) is 5.56 Å². The van der Waals surface area contributed by atoms with Crippen molar-refractivity contribution in [2.75, 3.05) is 12.3 Å². The maximum Gasteiger partial charge on any atom is 0.322 e. The van der Waals surface area contributed by atoms with Gasteiger partial charge in [-0.05, 0) is 24.0 Å². The molecule has 1 rings (SSSR count). The predicted octanol–water partition coefficient (Wildman–Crippen LogP) is 1.61. The lowest BCUT2D eigenvalue weighted by Gasteiger charge is -2.04. The number of benzene rings is 1. The van der Waals surface area contributed by atoms with Crippen LogP contribution in [-0.2, 0) is 4.79 Å². The topological polar surface area (TPSA) is 66.4 Å². The Hall–Kier alpha value is -1.49. The van der Waals surface area contributed by atoms with Crippen molar-refractivity contribution < 1.29 is 14.7 Å². The van der Waals surface area contributed by atoms with E-state index in [2.05, 4.69) is 5.32 Å². The monoisotopic (exact) mass is 239 g/mol. The third kappa shape index (κ3) is 3.94. The number of hydrogen-bond acceptors (Lipinski definition) is 3. The van der Waals surface area contributed by atoms with Crippen LogP contribution in [0.25, 0.3) is 0 Å². The molecular weight excluding hydrogens is 226 g/mol. The molecule has 1 aromatic rings. The summed E-state index contributed by atoms with van der Waals surface area (Å²) in [4.78, 5) is 22.8. The fourth-order valence-corrected chi connectivity index (χ4v) is 1.87. The van der Waals surface area contributed by atoms with Gasteiger partial charge in [0.25, 0.3) is 5.91 Å². The molecule has 1 aromatic carbocycles. The Kier molecular flexibility index (Phi) is 4.85. The molecule has 0 aliphatic carbocycles. The van der Waals surface area contributed by atoms with Crippen LogP contribution < -0.4 is 5.32 Å². The molecule has 86 valence electrons. The molecule has 5 heteroatoms. The van der Waals surface area contributed by atoms with Gasteiger partial charge in [-0.1, -0.05) is 13.0 Å². The second-order valence-electron chi connectivity index (χ2n) is 3.04. The Morgan fingerprint density at radius 3 is 2.81 bits per heavy atom. The summed E-state index contributed by atoms with van der Waals surface area (Å²) in [7, 11) is 0. The normalized spacial score (nSPS) is 9.81. The molecule has 0 saturated heterocycles. The van der Waals surface area contributed by atoms with Crippen LogP contribution in [0.15, 0.2) is 29.2 Å². The summed E-state index contributed by atoms with van der Waals surface area (Å²) in [6.45, 7) is 1.67. The minimum Gasteiger partial charge on any atom is -0.480 e. The van der Waals surface area contributed by atoms with Crippen LogP contribution in [0.4, 0.5) is 0 Å². The number of rotatable bonds is 5. The van der Waals surface area contributed by atoms with E-state index in [1.54, 1.807) is 30.0 Å². The van der Waals surface area contributed by atoms with Crippen molar-refractivity contribution >= 4 is 23.6 Å². The molecule has 0 aromatic heterocycles. The quantitative estimate of drug-likeness (QED) is 0.766. The molecule has 2 N–H and O–H groups in total. The molecule has 0 bridgehead atoms. The van der Waals surface area contributed by atoms with Gasteiger partial charge in [0.2, 0.25) is 0 Å². The lowest BCUT2D eigenvalue weighted by molar-refractivity contribution is -0.135. The van der Waals surface area contributed by atoms with Gasteiger partial charge in [0.05, 0.1) is 0 Å². The molecule has 0 heterocycles. The van der Waals surface area contributed by atoms with Crippen molar-refractivity contribution in [2.24, 2.45) is 0 Å². The van der Waals surface area contributed by atoms with Gasteiger partial charge in [-0.25, -0.2) is 0 Å². The Bertz CT molecular complexity index is 393. The van der Waals surface area contributed by atoms with E-state index in [-0.39, 0.29) is 12.5 Å². The van der Waals surface area contributed by atoms with Crippen LogP contribution in [0, 0.1) is 0 Å². The van der Waals surface area contributed by atoms with Crippen LogP contribution in [0.5, 0.6) is 0 Å². The number of aliphatic carboxylic acids is 1. The standard InChI is InChI=1S/C11H13NO3S/c1-2-16-9-5-3-4-8(6-9)11(15)12-7-10(13)14/h3-6H,2,7H2,1H3,(H,12,15)(H,13,14). The van der Waals surface area contributed by atoms with Gasteiger partial charge >= 0.3 is 5.97 Å². The average molecular weight is 239 g/mol. The maximum atomic E-state index is 11.5. The summed E-state index contributed by atoms with van der Waals surface area (Å²) in [5.74, 6) is -0.478. The minimum atomic E-state index is -1.05. The Balaban J connectivity index is 2.67. The van der Waals surface area contributed by atoms with Crippen molar-refractivity contribution in [3.8, 4) is 0 Å². The molecule has 0 unspecified atom stereocenters. The second-order valence-corrected chi connectivity index (χ2v) is 4.37. The van der Waals surface area contributed by atoms with Gasteiger partial charge in [-0.2, -0.15) is 0 Å². The van der Waals surface area contributed by atoms with Crippen molar-refractivity contribution in [3.63, 3.8) is 0 Å². The van der Waals surface area contributed by atoms with Gasteiger partial charge in [0.15, 0.2) is 0 Å². The second kappa shape index (κ2) is 6.17. The zero-order valence-electron chi connectivity index (χ0n) is 8.90. The minimum absolute atomic E-state index is 0.357. The first-order valence-corrected chi connectivity index (χ1v) is 5.85. The molecule has 0 aliphatic heterocycles. The third-order valence-corrected chi connectivity index (χ3v) is 2.68.